The van der Waals surface area contributed by atoms with E-state index in [1.807, 2.05) is 32.0 Å². The number of hydrogen-bond acceptors (Lipinski definition) is 8. The molecule has 2 aliphatic heterocycles. The highest BCUT2D eigenvalue weighted by Gasteiger charge is 2.58. The number of thiazole rings is 1. The first-order valence-electron chi connectivity index (χ1n) is 13.4. The number of aliphatic hydroxyl groups is 2. The van der Waals surface area contributed by atoms with Crippen LogP contribution in [0.1, 0.15) is 77.0 Å². The summed E-state index contributed by atoms with van der Waals surface area (Å²) < 4.78 is 13.2. The molecule has 2 N–H and O–H groups in total. The Hall–Kier alpha value is -1.87. The topological polar surface area (TPSA) is 109 Å². The van der Waals surface area contributed by atoms with Crippen molar-refractivity contribution >= 4 is 33.3 Å². The third-order valence-corrected chi connectivity index (χ3v) is 10.2. The highest BCUT2D eigenvalue weighted by Crippen LogP contribution is 2.56. The number of esters is 1. The standard InChI is InChI=1S/C29H39NO6S/c1-14-19-9-18(19)13-29(6)24(36-29)11-21(17-7-8-22-20(10-17)30-16(3)37-22)35-25(32)12-23(31)28(4,5)27(34)15(2)26(14)33/h7-8,10,14-15,18-19,21,23-24,26,31,33H,9,11-13H2,1-6H3/t14-,15+,18?,19?,21+,23+,24?,26-,29?/m0/s1. The van der Waals surface area contributed by atoms with Gasteiger partial charge in [0.1, 0.15) is 11.9 Å². The molecule has 1 aromatic carbocycles. The van der Waals surface area contributed by atoms with Crippen molar-refractivity contribution in [3.8, 4) is 0 Å². The predicted octanol–water partition coefficient (Wildman–Crippen LogP) is 4.76. The smallest absolute Gasteiger partial charge is 0.309 e. The molecule has 1 saturated carbocycles. The van der Waals surface area contributed by atoms with Gasteiger partial charge < -0.3 is 19.7 Å². The van der Waals surface area contributed by atoms with Gasteiger partial charge in [0.2, 0.25) is 0 Å². The van der Waals surface area contributed by atoms with Gasteiger partial charge in [0.25, 0.3) is 0 Å². The molecular formula is C29H39NO6S. The van der Waals surface area contributed by atoms with Gasteiger partial charge in [-0.25, -0.2) is 4.98 Å². The van der Waals surface area contributed by atoms with Crippen LogP contribution in [0.4, 0.5) is 0 Å². The zero-order valence-electron chi connectivity index (χ0n) is 22.6. The summed E-state index contributed by atoms with van der Waals surface area (Å²) in [5.41, 5.74) is 0.223. The van der Waals surface area contributed by atoms with Gasteiger partial charge in [-0.05, 0) is 62.1 Å². The van der Waals surface area contributed by atoms with Crippen LogP contribution in [-0.4, -0.2) is 50.9 Å². The molecule has 2 aromatic rings. The van der Waals surface area contributed by atoms with E-state index in [2.05, 4.69) is 11.9 Å². The summed E-state index contributed by atoms with van der Waals surface area (Å²) in [5.74, 6) is -0.704. The average Bonchev–Trinajstić information content (AvgIpc) is 3.69. The van der Waals surface area contributed by atoms with Crippen LogP contribution in [0.5, 0.6) is 0 Å². The average molecular weight is 530 g/mol. The molecule has 7 nitrogen and oxygen atoms in total. The molecule has 37 heavy (non-hydrogen) atoms. The van der Waals surface area contributed by atoms with Crippen molar-refractivity contribution in [1.82, 2.24) is 4.98 Å². The van der Waals surface area contributed by atoms with Crippen molar-refractivity contribution in [1.29, 1.82) is 0 Å². The Morgan fingerprint density at radius 3 is 2.57 bits per heavy atom. The summed E-state index contributed by atoms with van der Waals surface area (Å²) in [4.78, 5) is 31.1. The quantitative estimate of drug-likeness (QED) is 0.405. The van der Waals surface area contributed by atoms with Crippen molar-refractivity contribution in [3.63, 3.8) is 0 Å². The highest BCUT2D eigenvalue weighted by atomic mass is 32.1. The number of cyclic esters (lactones) is 1. The molecular weight excluding hydrogens is 490 g/mol. The number of aliphatic hydroxyl groups excluding tert-OH is 2. The third kappa shape index (κ3) is 5.10. The van der Waals surface area contributed by atoms with Gasteiger partial charge in [0, 0.05) is 12.3 Å². The summed E-state index contributed by atoms with van der Waals surface area (Å²) in [6, 6.07) is 5.95. The van der Waals surface area contributed by atoms with E-state index in [0.29, 0.717) is 18.3 Å². The number of carbonyl (C=O) groups excluding carboxylic acids is 2. The fourth-order valence-corrected chi connectivity index (χ4v) is 7.19. The van der Waals surface area contributed by atoms with Gasteiger partial charge in [-0.3, -0.25) is 9.59 Å². The summed E-state index contributed by atoms with van der Waals surface area (Å²) >= 11 is 1.62. The molecule has 5 rings (SSSR count). The van der Waals surface area contributed by atoms with Crippen LogP contribution in [0.25, 0.3) is 10.2 Å². The fraction of sp³-hybridized carbons (Fsp3) is 0.690. The van der Waals surface area contributed by atoms with E-state index in [0.717, 1.165) is 33.6 Å². The van der Waals surface area contributed by atoms with Crippen LogP contribution in [-0.2, 0) is 19.1 Å². The van der Waals surface area contributed by atoms with Crippen LogP contribution < -0.4 is 0 Å². The largest absolute Gasteiger partial charge is 0.457 e. The maximum absolute atomic E-state index is 13.4. The van der Waals surface area contributed by atoms with Crippen molar-refractivity contribution in [2.24, 2.45) is 29.1 Å². The van der Waals surface area contributed by atoms with E-state index in [1.165, 1.54) is 0 Å². The van der Waals surface area contributed by atoms with Gasteiger partial charge >= 0.3 is 5.97 Å². The summed E-state index contributed by atoms with van der Waals surface area (Å²) in [7, 11) is 0. The lowest BCUT2D eigenvalue weighted by Crippen LogP contribution is -2.46. The van der Waals surface area contributed by atoms with Crippen molar-refractivity contribution in [3.05, 3.63) is 28.8 Å². The maximum Gasteiger partial charge on any atom is 0.309 e. The number of aryl methyl sites for hydroxylation is 1. The van der Waals surface area contributed by atoms with Crippen LogP contribution in [0, 0.1) is 36.0 Å². The van der Waals surface area contributed by atoms with Crippen molar-refractivity contribution in [2.45, 2.75) is 97.2 Å². The minimum atomic E-state index is -1.23. The van der Waals surface area contributed by atoms with Crippen LogP contribution >= 0.6 is 11.3 Å². The Balaban J connectivity index is 1.44. The maximum atomic E-state index is 13.4. The number of rotatable bonds is 1. The highest BCUT2D eigenvalue weighted by molar-refractivity contribution is 7.18. The molecule has 1 aromatic heterocycles. The van der Waals surface area contributed by atoms with Crippen molar-refractivity contribution < 1.29 is 29.3 Å². The first kappa shape index (κ1) is 26.7. The van der Waals surface area contributed by atoms with Gasteiger partial charge in [0.05, 0.1) is 51.0 Å². The number of ketones is 1. The van der Waals surface area contributed by atoms with Gasteiger partial charge in [-0.1, -0.05) is 33.8 Å². The van der Waals surface area contributed by atoms with E-state index in [-0.39, 0.29) is 29.8 Å². The lowest BCUT2D eigenvalue weighted by Gasteiger charge is -2.34. The molecule has 3 fully saturated rings. The molecule has 3 heterocycles. The van der Waals surface area contributed by atoms with E-state index in [1.54, 1.807) is 32.1 Å². The van der Waals surface area contributed by atoms with Crippen LogP contribution in [0.2, 0.25) is 0 Å². The second-order valence-electron chi connectivity index (χ2n) is 12.4. The lowest BCUT2D eigenvalue weighted by molar-refractivity contribution is -0.156. The first-order valence-corrected chi connectivity index (χ1v) is 14.3. The number of carbonyl (C=O) groups is 2. The lowest BCUT2D eigenvalue weighted by atomic mass is 9.72. The number of fused-ring (bicyclic) bond motifs is 3. The van der Waals surface area contributed by atoms with Crippen LogP contribution in [0.3, 0.4) is 0 Å². The number of epoxide rings is 1. The molecule has 2 saturated heterocycles. The fourth-order valence-electron chi connectivity index (χ4n) is 6.38. The minimum Gasteiger partial charge on any atom is -0.457 e. The molecule has 0 spiro atoms. The van der Waals surface area contributed by atoms with Gasteiger partial charge in [-0.15, -0.1) is 11.3 Å². The van der Waals surface area contributed by atoms with Gasteiger partial charge in [0.15, 0.2) is 0 Å². The van der Waals surface area contributed by atoms with E-state index in [9.17, 15) is 19.8 Å². The molecule has 0 amide bonds. The van der Waals surface area contributed by atoms with E-state index < -0.39 is 35.6 Å². The van der Waals surface area contributed by atoms with Crippen LogP contribution in [0.15, 0.2) is 18.2 Å². The zero-order chi connectivity index (χ0) is 26.9. The Morgan fingerprint density at radius 2 is 1.84 bits per heavy atom. The number of ether oxygens (including phenoxy) is 2. The summed E-state index contributed by atoms with van der Waals surface area (Å²) in [5, 5.41) is 23.0. The molecule has 0 bridgehead atoms. The Kier molecular flexibility index (Phi) is 6.79. The normalized spacial score (nSPS) is 40.5. The number of hydrogen-bond donors (Lipinski definition) is 2. The second kappa shape index (κ2) is 9.40. The van der Waals surface area contributed by atoms with E-state index in [4.69, 9.17) is 9.47 Å². The molecule has 4 unspecified atom stereocenters. The molecule has 8 heteroatoms. The van der Waals surface area contributed by atoms with Crippen molar-refractivity contribution in [2.75, 3.05) is 0 Å². The Bertz CT molecular complexity index is 1210. The molecule has 202 valence electrons. The second-order valence-corrected chi connectivity index (χ2v) is 13.6. The third-order valence-electron chi connectivity index (χ3n) is 9.24. The van der Waals surface area contributed by atoms with E-state index >= 15 is 0 Å². The molecule has 9 atom stereocenters. The molecule has 0 radical (unpaired) electrons. The SMILES string of the molecule is Cc1nc2cc([C@H]3CC4OC4(C)CC4CC4[C@H](C)[C@H](O)[C@@H](C)C(=O)C(C)(C)[C@H](O)CC(=O)O3)ccc2s1. The monoisotopic (exact) mass is 529 g/mol. The molecule has 1 aliphatic carbocycles. The summed E-state index contributed by atoms with van der Waals surface area (Å²) in [6.45, 7) is 11.1. The number of benzene rings is 1. The minimum absolute atomic E-state index is 0.0309. The first-order chi connectivity index (χ1) is 17.3. The Labute approximate surface area is 222 Å². The number of aromatic nitrogens is 1. The summed E-state index contributed by atoms with van der Waals surface area (Å²) in [6.07, 6.45) is -0.515. The molecule has 3 aliphatic rings. The predicted molar refractivity (Wildman–Crippen MR) is 141 cm³/mol. The number of nitrogens with zero attached hydrogens (tertiary/aromatic N) is 1. The number of Topliss-reactive ketones (excluding diaryl/α,β-unsaturated/α-hetero) is 1. The zero-order valence-corrected chi connectivity index (χ0v) is 23.4. The Morgan fingerprint density at radius 1 is 1.11 bits per heavy atom. The van der Waals surface area contributed by atoms with Gasteiger partial charge in [-0.2, -0.15) is 0 Å².